The number of nitrogens with one attached hydrogen (secondary N) is 1. The topological polar surface area (TPSA) is 29.1 Å². The van der Waals surface area contributed by atoms with Crippen LogP contribution in [0.1, 0.15) is 31.4 Å². The molecule has 0 fully saturated rings. The fourth-order valence-corrected chi connectivity index (χ4v) is 1.47. The van der Waals surface area contributed by atoms with Crippen LogP contribution in [0.2, 0.25) is 0 Å². The van der Waals surface area contributed by atoms with Crippen LogP contribution in [-0.2, 0) is 4.79 Å². The van der Waals surface area contributed by atoms with Gasteiger partial charge in [0.15, 0.2) is 0 Å². The highest BCUT2D eigenvalue weighted by atomic mass is 19.4. The lowest BCUT2D eigenvalue weighted by Gasteiger charge is -2.20. The molecule has 0 unspecified atom stereocenters. The highest BCUT2D eigenvalue weighted by Crippen LogP contribution is 2.29. The van der Waals surface area contributed by atoms with Gasteiger partial charge in [0.05, 0.1) is 12.5 Å². The minimum absolute atomic E-state index is 0.168. The van der Waals surface area contributed by atoms with Crippen LogP contribution in [0, 0.1) is 0 Å². The molecular formula is C12H14F3NO. The molecule has 0 saturated heterocycles. The second-order valence-electron chi connectivity index (χ2n) is 3.70. The second kappa shape index (κ2) is 5.70. The molecule has 1 rings (SSSR count). The summed E-state index contributed by atoms with van der Waals surface area (Å²) in [5.74, 6) is -0.386. The Morgan fingerprint density at radius 3 is 2.35 bits per heavy atom. The summed E-state index contributed by atoms with van der Waals surface area (Å²) in [5.41, 5.74) is 0.464. The van der Waals surface area contributed by atoms with Gasteiger partial charge in [-0.3, -0.25) is 4.79 Å². The van der Waals surface area contributed by atoms with Crippen molar-refractivity contribution in [1.82, 2.24) is 5.32 Å². The second-order valence-corrected chi connectivity index (χ2v) is 3.70. The van der Waals surface area contributed by atoms with Crippen molar-refractivity contribution < 1.29 is 18.0 Å². The van der Waals surface area contributed by atoms with Crippen molar-refractivity contribution in [2.75, 3.05) is 0 Å². The molecule has 0 heterocycles. The maximum Gasteiger partial charge on any atom is 0.391 e. The van der Waals surface area contributed by atoms with Crippen molar-refractivity contribution in [3.05, 3.63) is 35.9 Å². The number of halogens is 3. The molecule has 17 heavy (non-hydrogen) atoms. The summed E-state index contributed by atoms with van der Waals surface area (Å²) in [4.78, 5) is 11.2. The standard InChI is InChI=1S/C12H14F3NO/c1-2-11(17)16-10(8-12(13,14)15)9-6-4-3-5-7-9/h3-7,10H,2,8H2,1H3,(H,16,17)/t10-/m0/s1. The van der Waals surface area contributed by atoms with Crippen LogP contribution < -0.4 is 5.32 Å². The number of alkyl halides is 3. The van der Waals surface area contributed by atoms with Crippen molar-refractivity contribution in [3.63, 3.8) is 0 Å². The van der Waals surface area contributed by atoms with Gasteiger partial charge in [0.1, 0.15) is 0 Å². The first-order valence-electron chi connectivity index (χ1n) is 5.33. The number of hydrogen-bond acceptors (Lipinski definition) is 1. The molecule has 0 spiro atoms. The molecule has 1 aromatic carbocycles. The number of carbonyl (C=O) groups excluding carboxylic acids is 1. The number of rotatable bonds is 4. The van der Waals surface area contributed by atoms with Gasteiger partial charge in [-0.15, -0.1) is 0 Å². The number of carbonyl (C=O) groups is 1. The molecule has 0 aromatic heterocycles. The van der Waals surface area contributed by atoms with Crippen molar-refractivity contribution in [1.29, 1.82) is 0 Å². The van der Waals surface area contributed by atoms with Gasteiger partial charge in [-0.25, -0.2) is 0 Å². The van der Waals surface area contributed by atoms with Crippen molar-refractivity contribution >= 4 is 5.91 Å². The molecule has 5 heteroatoms. The fourth-order valence-electron chi connectivity index (χ4n) is 1.47. The number of hydrogen-bond donors (Lipinski definition) is 1. The third-order valence-electron chi connectivity index (χ3n) is 2.29. The number of benzene rings is 1. The maximum atomic E-state index is 12.4. The summed E-state index contributed by atoms with van der Waals surface area (Å²) in [7, 11) is 0. The molecule has 0 aliphatic heterocycles. The van der Waals surface area contributed by atoms with E-state index in [0.717, 1.165) is 0 Å². The van der Waals surface area contributed by atoms with E-state index in [1.165, 1.54) is 0 Å². The Bertz CT molecular complexity index is 362. The predicted octanol–water partition coefficient (Wildman–Crippen LogP) is 3.21. The van der Waals surface area contributed by atoms with Crippen molar-refractivity contribution in [3.8, 4) is 0 Å². The average Bonchev–Trinajstić information content (AvgIpc) is 2.27. The molecule has 94 valence electrons. The summed E-state index contributed by atoms with van der Waals surface area (Å²) in [6.45, 7) is 1.60. The first-order valence-corrected chi connectivity index (χ1v) is 5.33. The molecule has 0 aliphatic rings. The number of amides is 1. The molecule has 0 aliphatic carbocycles. The van der Waals surface area contributed by atoms with E-state index in [2.05, 4.69) is 5.32 Å². The summed E-state index contributed by atoms with van der Waals surface area (Å²) < 4.78 is 37.2. The highest BCUT2D eigenvalue weighted by Gasteiger charge is 2.33. The zero-order chi connectivity index (χ0) is 12.9. The van der Waals surface area contributed by atoms with Crippen molar-refractivity contribution in [2.24, 2.45) is 0 Å². The van der Waals surface area contributed by atoms with E-state index in [4.69, 9.17) is 0 Å². The van der Waals surface area contributed by atoms with Gasteiger partial charge in [0.2, 0.25) is 5.91 Å². The Hall–Kier alpha value is -1.52. The first kappa shape index (κ1) is 13.5. The Kier molecular flexibility index (Phi) is 4.54. The van der Waals surface area contributed by atoms with E-state index < -0.39 is 18.6 Å². The zero-order valence-electron chi connectivity index (χ0n) is 9.42. The Labute approximate surface area is 97.8 Å². The lowest BCUT2D eigenvalue weighted by atomic mass is 10.0. The normalized spacial score (nSPS) is 13.2. The van der Waals surface area contributed by atoms with E-state index in [1.807, 2.05) is 0 Å². The van der Waals surface area contributed by atoms with Crippen LogP contribution in [0.5, 0.6) is 0 Å². The van der Waals surface area contributed by atoms with Crippen LogP contribution in [0.25, 0.3) is 0 Å². The van der Waals surface area contributed by atoms with Crippen LogP contribution in [0.3, 0.4) is 0 Å². The van der Waals surface area contributed by atoms with Crippen LogP contribution in [0.4, 0.5) is 13.2 Å². The van der Waals surface area contributed by atoms with Gasteiger partial charge in [-0.2, -0.15) is 13.2 Å². The van der Waals surface area contributed by atoms with Gasteiger partial charge in [-0.05, 0) is 5.56 Å². The lowest BCUT2D eigenvalue weighted by Crippen LogP contribution is -2.31. The average molecular weight is 245 g/mol. The summed E-state index contributed by atoms with van der Waals surface area (Å²) in [6.07, 6.45) is -5.19. The predicted molar refractivity (Wildman–Crippen MR) is 58.3 cm³/mol. The zero-order valence-corrected chi connectivity index (χ0v) is 9.42. The van der Waals surface area contributed by atoms with Gasteiger partial charge >= 0.3 is 6.18 Å². The Balaban J connectivity index is 2.83. The molecule has 0 saturated carbocycles. The molecule has 2 nitrogen and oxygen atoms in total. The molecule has 1 N–H and O–H groups in total. The van der Waals surface area contributed by atoms with Gasteiger partial charge in [-0.1, -0.05) is 37.3 Å². The quantitative estimate of drug-likeness (QED) is 0.867. The van der Waals surface area contributed by atoms with Gasteiger partial charge in [0, 0.05) is 6.42 Å². The molecular weight excluding hydrogens is 231 g/mol. The minimum Gasteiger partial charge on any atom is -0.349 e. The van der Waals surface area contributed by atoms with E-state index in [9.17, 15) is 18.0 Å². The summed E-state index contributed by atoms with van der Waals surface area (Å²) in [5, 5.41) is 2.38. The minimum atomic E-state index is -4.30. The largest absolute Gasteiger partial charge is 0.391 e. The molecule has 1 atom stereocenters. The van der Waals surface area contributed by atoms with Gasteiger partial charge in [0.25, 0.3) is 0 Å². The summed E-state index contributed by atoms with van der Waals surface area (Å²) in [6, 6.07) is 7.16. The Morgan fingerprint density at radius 1 is 1.29 bits per heavy atom. The highest BCUT2D eigenvalue weighted by molar-refractivity contribution is 5.76. The van der Waals surface area contributed by atoms with E-state index in [-0.39, 0.29) is 12.3 Å². The maximum absolute atomic E-state index is 12.4. The molecule has 1 amide bonds. The summed E-state index contributed by atoms with van der Waals surface area (Å²) >= 11 is 0. The monoisotopic (exact) mass is 245 g/mol. The Morgan fingerprint density at radius 2 is 1.88 bits per heavy atom. The SMILES string of the molecule is CCC(=O)N[C@@H](CC(F)(F)F)c1ccccc1. The van der Waals surface area contributed by atoms with Crippen LogP contribution >= 0.6 is 0 Å². The fraction of sp³-hybridized carbons (Fsp3) is 0.417. The van der Waals surface area contributed by atoms with Crippen molar-refractivity contribution in [2.45, 2.75) is 32.0 Å². The third-order valence-corrected chi connectivity index (χ3v) is 2.29. The smallest absolute Gasteiger partial charge is 0.349 e. The van der Waals surface area contributed by atoms with Crippen LogP contribution in [0.15, 0.2) is 30.3 Å². The molecule has 1 aromatic rings. The molecule has 0 radical (unpaired) electrons. The van der Waals surface area contributed by atoms with E-state index >= 15 is 0 Å². The lowest BCUT2D eigenvalue weighted by molar-refractivity contribution is -0.142. The van der Waals surface area contributed by atoms with E-state index in [0.29, 0.717) is 5.56 Å². The van der Waals surface area contributed by atoms with E-state index in [1.54, 1.807) is 37.3 Å². The third kappa shape index (κ3) is 4.89. The van der Waals surface area contributed by atoms with Crippen LogP contribution in [-0.4, -0.2) is 12.1 Å². The van der Waals surface area contributed by atoms with Gasteiger partial charge < -0.3 is 5.32 Å². The molecule has 0 bridgehead atoms. The first-order chi connectivity index (χ1) is 7.92.